The maximum Gasteiger partial charge on any atom is 0.240 e. The fourth-order valence-corrected chi connectivity index (χ4v) is 2.81. The van der Waals surface area contributed by atoms with Gasteiger partial charge in [-0.05, 0) is 32.6 Å². The van der Waals surface area contributed by atoms with Crippen LogP contribution in [0, 0.1) is 0 Å². The summed E-state index contributed by atoms with van der Waals surface area (Å²) >= 11 is 0. The standard InChI is InChI=1S/C15H24N2O3S/c1-4-5-6-15(18)13-7-9-14(10-8-13)21(19,20)16-11-12-17(2)3/h7-10,16H,4-6,11-12H2,1-3H3. The molecule has 0 fully saturated rings. The number of carbonyl (C=O) groups excluding carboxylic acids is 1. The molecule has 0 unspecified atom stereocenters. The SMILES string of the molecule is CCCCC(=O)c1ccc(S(=O)(=O)NCCN(C)C)cc1. The van der Waals surface area contributed by atoms with Gasteiger partial charge in [0.15, 0.2) is 5.78 Å². The summed E-state index contributed by atoms with van der Waals surface area (Å²) in [5, 5.41) is 0. The number of benzene rings is 1. The quantitative estimate of drug-likeness (QED) is 0.707. The highest BCUT2D eigenvalue weighted by Crippen LogP contribution is 2.13. The van der Waals surface area contributed by atoms with E-state index in [4.69, 9.17) is 0 Å². The van der Waals surface area contributed by atoms with Crippen LogP contribution in [0.25, 0.3) is 0 Å². The van der Waals surface area contributed by atoms with E-state index in [1.165, 1.54) is 12.1 Å². The van der Waals surface area contributed by atoms with Crippen molar-refractivity contribution in [1.29, 1.82) is 0 Å². The molecule has 21 heavy (non-hydrogen) atoms. The Hall–Kier alpha value is -1.24. The summed E-state index contributed by atoms with van der Waals surface area (Å²) in [7, 11) is 0.257. The molecule has 0 heterocycles. The lowest BCUT2D eigenvalue weighted by Gasteiger charge is -2.11. The van der Waals surface area contributed by atoms with Gasteiger partial charge in [-0.2, -0.15) is 0 Å². The first kappa shape index (κ1) is 17.8. The van der Waals surface area contributed by atoms with E-state index >= 15 is 0 Å². The molecule has 0 aliphatic heterocycles. The Kier molecular flexibility index (Phi) is 7.01. The Morgan fingerprint density at radius 3 is 2.33 bits per heavy atom. The fourth-order valence-electron chi connectivity index (χ4n) is 1.79. The normalized spacial score (nSPS) is 11.8. The van der Waals surface area contributed by atoms with Gasteiger partial charge in [0.1, 0.15) is 0 Å². The van der Waals surface area contributed by atoms with Crippen molar-refractivity contribution in [3.05, 3.63) is 29.8 Å². The van der Waals surface area contributed by atoms with Crippen LogP contribution in [0.15, 0.2) is 29.2 Å². The highest BCUT2D eigenvalue weighted by molar-refractivity contribution is 7.89. The second-order valence-corrected chi connectivity index (χ2v) is 7.02. The number of hydrogen-bond donors (Lipinski definition) is 1. The summed E-state index contributed by atoms with van der Waals surface area (Å²) in [5.74, 6) is 0.0568. The maximum atomic E-state index is 12.1. The zero-order valence-corrected chi connectivity index (χ0v) is 13.7. The predicted molar refractivity (Wildman–Crippen MR) is 84.0 cm³/mol. The van der Waals surface area contributed by atoms with E-state index in [1.807, 2.05) is 25.9 Å². The number of likely N-dealkylation sites (N-methyl/N-ethyl adjacent to an activating group) is 1. The summed E-state index contributed by atoms with van der Waals surface area (Å²) < 4.78 is 26.6. The Labute approximate surface area is 127 Å². The lowest BCUT2D eigenvalue weighted by Crippen LogP contribution is -2.31. The van der Waals surface area contributed by atoms with Crippen LogP contribution in [-0.2, 0) is 10.0 Å². The van der Waals surface area contributed by atoms with Gasteiger partial charge < -0.3 is 4.90 Å². The van der Waals surface area contributed by atoms with Gasteiger partial charge in [-0.3, -0.25) is 4.79 Å². The highest BCUT2D eigenvalue weighted by atomic mass is 32.2. The van der Waals surface area contributed by atoms with Crippen molar-refractivity contribution >= 4 is 15.8 Å². The molecule has 1 aromatic rings. The van der Waals surface area contributed by atoms with E-state index in [0.29, 0.717) is 25.1 Å². The molecule has 118 valence electrons. The third-order valence-corrected chi connectivity index (χ3v) is 4.57. The molecule has 0 spiro atoms. The van der Waals surface area contributed by atoms with Gasteiger partial charge in [0.2, 0.25) is 10.0 Å². The van der Waals surface area contributed by atoms with Gasteiger partial charge in [0.25, 0.3) is 0 Å². The van der Waals surface area contributed by atoms with E-state index in [2.05, 4.69) is 4.72 Å². The van der Waals surface area contributed by atoms with Gasteiger partial charge >= 0.3 is 0 Å². The molecule has 1 N–H and O–H groups in total. The van der Waals surface area contributed by atoms with Crippen molar-refractivity contribution < 1.29 is 13.2 Å². The number of rotatable bonds is 9. The van der Waals surface area contributed by atoms with E-state index in [9.17, 15) is 13.2 Å². The van der Waals surface area contributed by atoms with Crippen LogP contribution >= 0.6 is 0 Å². The van der Waals surface area contributed by atoms with Crippen LogP contribution < -0.4 is 4.72 Å². The minimum atomic E-state index is -3.50. The van der Waals surface area contributed by atoms with Crippen molar-refractivity contribution in [2.45, 2.75) is 31.1 Å². The summed E-state index contributed by atoms with van der Waals surface area (Å²) in [6, 6.07) is 6.13. The molecule has 1 rings (SSSR count). The summed E-state index contributed by atoms with van der Waals surface area (Å²) in [6.07, 6.45) is 2.32. The highest BCUT2D eigenvalue weighted by Gasteiger charge is 2.14. The molecule has 0 aliphatic carbocycles. The molecule has 0 atom stereocenters. The maximum absolute atomic E-state index is 12.1. The molecule has 0 saturated carbocycles. The number of nitrogens with zero attached hydrogens (tertiary/aromatic N) is 1. The third kappa shape index (κ3) is 5.95. The van der Waals surface area contributed by atoms with Gasteiger partial charge in [-0.1, -0.05) is 25.5 Å². The third-order valence-electron chi connectivity index (χ3n) is 3.10. The van der Waals surface area contributed by atoms with Crippen LogP contribution in [0.2, 0.25) is 0 Å². The average Bonchev–Trinajstić information content (AvgIpc) is 2.44. The van der Waals surface area contributed by atoms with Crippen LogP contribution in [-0.4, -0.2) is 46.3 Å². The van der Waals surface area contributed by atoms with Gasteiger partial charge in [0, 0.05) is 25.1 Å². The molecule has 0 saturated heterocycles. The zero-order chi connectivity index (χ0) is 15.9. The lowest BCUT2D eigenvalue weighted by atomic mass is 10.1. The van der Waals surface area contributed by atoms with Crippen LogP contribution in [0.1, 0.15) is 36.5 Å². The predicted octanol–water partition coefficient (Wildman–Crippen LogP) is 1.90. The first-order valence-corrected chi connectivity index (χ1v) is 8.63. The van der Waals surface area contributed by atoms with E-state index in [1.54, 1.807) is 12.1 Å². The monoisotopic (exact) mass is 312 g/mol. The number of sulfonamides is 1. The topological polar surface area (TPSA) is 66.5 Å². The number of unbranched alkanes of at least 4 members (excludes halogenated alkanes) is 1. The Morgan fingerprint density at radius 1 is 1.19 bits per heavy atom. The molecule has 0 aromatic heterocycles. The van der Waals surface area contributed by atoms with Crippen LogP contribution in [0.4, 0.5) is 0 Å². The molecular weight excluding hydrogens is 288 g/mol. The number of nitrogens with one attached hydrogen (secondary N) is 1. The summed E-state index contributed by atoms with van der Waals surface area (Å²) in [6.45, 7) is 3.02. The molecule has 1 aromatic carbocycles. The molecule has 0 bridgehead atoms. The molecule has 0 radical (unpaired) electrons. The van der Waals surface area contributed by atoms with Crippen LogP contribution in [0.5, 0.6) is 0 Å². The van der Waals surface area contributed by atoms with E-state index in [0.717, 1.165) is 12.8 Å². The number of carbonyl (C=O) groups is 1. The van der Waals surface area contributed by atoms with Crippen molar-refractivity contribution in [3.8, 4) is 0 Å². The minimum Gasteiger partial charge on any atom is -0.308 e. The summed E-state index contributed by atoms with van der Waals surface area (Å²) in [4.78, 5) is 13.9. The van der Waals surface area contributed by atoms with Crippen molar-refractivity contribution in [1.82, 2.24) is 9.62 Å². The lowest BCUT2D eigenvalue weighted by molar-refractivity contribution is 0.0979. The minimum absolute atomic E-state index is 0.0568. The number of ketones is 1. The number of hydrogen-bond acceptors (Lipinski definition) is 4. The van der Waals surface area contributed by atoms with Crippen molar-refractivity contribution in [3.63, 3.8) is 0 Å². The van der Waals surface area contributed by atoms with Gasteiger partial charge in [-0.15, -0.1) is 0 Å². The van der Waals surface area contributed by atoms with Crippen LogP contribution in [0.3, 0.4) is 0 Å². The van der Waals surface area contributed by atoms with E-state index in [-0.39, 0.29) is 10.7 Å². The smallest absolute Gasteiger partial charge is 0.240 e. The molecule has 5 nitrogen and oxygen atoms in total. The Balaban J connectivity index is 2.70. The van der Waals surface area contributed by atoms with Gasteiger partial charge in [0.05, 0.1) is 4.90 Å². The second-order valence-electron chi connectivity index (χ2n) is 5.25. The molecular formula is C15H24N2O3S. The molecule has 0 aliphatic rings. The van der Waals surface area contributed by atoms with Crippen molar-refractivity contribution in [2.24, 2.45) is 0 Å². The fraction of sp³-hybridized carbons (Fsp3) is 0.533. The van der Waals surface area contributed by atoms with Crippen molar-refractivity contribution in [2.75, 3.05) is 27.2 Å². The number of Topliss-reactive ketones (excluding diaryl/α,β-unsaturated/α-hetero) is 1. The average molecular weight is 312 g/mol. The first-order chi connectivity index (χ1) is 9.86. The Bertz CT molecular complexity index is 551. The Morgan fingerprint density at radius 2 is 1.81 bits per heavy atom. The van der Waals surface area contributed by atoms with Gasteiger partial charge in [-0.25, -0.2) is 13.1 Å². The molecule has 0 amide bonds. The molecule has 6 heteroatoms. The first-order valence-electron chi connectivity index (χ1n) is 7.14. The summed E-state index contributed by atoms with van der Waals surface area (Å²) in [5.41, 5.74) is 0.565. The second kappa shape index (κ2) is 8.26. The van der Waals surface area contributed by atoms with E-state index < -0.39 is 10.0 Å². The zero-order valence-electron chi connectivity index (χ0n) is 12.9. The largest absolute Gasteiger partial charge is 0.308 e.